The molecule has 0 aliphatic rings. The molecule has 1 amide bonds. The summed E-state index contributed by atoms with van der Waals surface area (Å²) in [6.07, 6.45) is 0.669. The molecule has 0 fully saturated rings. The standard InChI is InChI=1S/C29H35NO5/c1-29(2,3)23-9-11-24(12-10-23)35-19-22-18-21(8-14-25(22)32-4)28(31)30-16-15-20-7-13-26(33-5)27(17-20)34-6/h7-14,17-18H,15-16,19H2,1-6H3,(H,30,31). The normalized spacial score (nSPS) is 11.0. The highest BCUT2D eigenvalue weighted by atomic mass is 16.5. The summed E-state index contributed by atoms with van der Waals surface area (Å²) < 4.78 is 22.1. The molecule has 0 spiro atoms. The number of nitrogens with one attached hydrogen (secondary N) is 1. The first-order valence-electron chi connectivity index (χ1n) is 11.6. The number of methoxy groups -OCH3 is 3. The lowest BCUT2D eigenvalue weighted by atomic mass is 9.87. The van der Waals surface area contributed by atoms with Crippen LogP contribution in [0.1, 0.15) is 47.8 Å². The highest BCUT2D eigenvalue weighted by molar-refractivity contribution is 5.94. The van der Waals surface area contributed by atoms with Crippen molar-refractivity contribution in [2.24, 2.45) is 0 Å². The first-order valence-corrected chi connectivity index (χ1v) is 11.6. The number of ether oxygens (including phenoxy) is 4. The van der Waals surface area contributed by atoms with Gasteiger partial charge in [-0.15, -0.1) is 0 Å². The summed E-state index contributed by atoms with van der Waals surface area (Å²) in [5.41, 5.74) is 3.74. The minimum absolute atomic E-state index is 0.0862. The second-order valence-corrected chi connectivity index (χ2v) is 9.28. The Kier molecular flexibility index (Phi) is 8.63. The van der Waals surface area contributed by atoms with E-state index in [1.807, 2.05) is 36.4 Å². The zero-order valence-electron chi connectivity index (χ0n) is 21.4. The molecular formula is C29H35NO5. The van der Waals surface area contributed by atoms with Crippen LogP contribution in [-0.4, -0.2) is 33.8 Å². The molecule has 0 aliphatic heterocycles. The van der Waals surface area contributed by atoms with E-state index in [2.05, 4.69) is 38.2 Å². The summed E-state index contributed by atoms with van der Waals surface area (Å²) in [6.45, 7) is 7.32. The van der Waals surface area contributed by atoms with E-state index in [9.17, 15) is 4.79 Å². The average molecular weight is 478 g/mol. The van der Waals surface area contributed by atoms with Crippen molar-refractivity contribution in [3.63, 3.8) is 0 Å². The highest BCUT2D eigenvalue weighted by Crippen LogP contribution is 2.28. The van der Waals surface area contributed by atoms with Crippen molar-refractivity contribution in [1.29, 1.82) is 0 Å². The number of carbonyl (C=O) groups is 1. The number of hydrogen-bond acceptors (Lipinski definition) is 5. The molecule has 6 heteroatoms. The molecule has 3 aromatic carbocycles. The SMILES string of the molecule is COc1ccc(C(=O)NCCc2ccc(OC)c(OC)c2)cc1COc1ccc(C(C)(C)C)cc1. The fourth-order valence-corrected chi connectivity index (χ4v) is 3.70. The monoisotopic (exact) mass is 477 g/mol. The first kappa shape index (κ1) is 25.9. The van der Waals surface area contributed by atoms with Gasteiger partial charge in [0.1, 0.15) is 18.1 Å². The van der Waals surface area contributed by atoms with Crippen LogP contribution in [0.25, 0.3) is 0 Å². The maximum absolute atomic E-state index is 12.8. The van der Waals surface area contributed by atoms with Crippen LogP contribution in [0.3, 0.4) is 0 Å². The van der Waals surface area contributed by atoms with E-state index in [1.165, 1.54) is 5.56 Å². The Labute approximate surface area is 208 Å². The van der Waals surface area contributed by atoms with Crippen molar-refractivity contribution in [2.45, 2.75) is 39.2 Å². The van der Waals surface area contributed by atoms with E-state index in [1.54, 1.807) is 33.5 Å². The second kappa shape index (κ2) is 11.6. The van der Waals surface area contributed by atoms with E-state index in [0.717, 1.165) is 16.9 Å². The van der Waals surface area contributed by atoms with Gasteiger partial charge in [0.05, 0.1) is 21.3 Å². The maximum Gasteiger partial charge on any atom is 0.251 e. The van der Waals surface area contributed by atoms with E-state index in [-0.39, 0.29) is 11.3 Å². The molecule has 3 rings (SSSR count). The molecule has 0 radical (unpaired) electrons. The van der Waals surface area contributed by atoms with Gasteiger partial charge in [-0.3, -0.25) is 4.79 Å². The van der Waals surface area contributed by atoms with Crippen LogP contribution < -0.4 is 24.3 Å². The van der Waals surface area contributed by atoms with Crippen LogP contribution in [0.2, 0.25) is 0 Å². The van der Waals surface area contributed by atoms with Gasteiger partial charge in [0.25, 0.3) is 5.91 Å². The van der Waals surface area contributed by atoms with Crippen molar-refractivity contribution >= 4 is 5.91 Å². The van der Waals surface area contributed by atoms with Gasteiger partial charge in [0.15, 0.2) is 11.5 Å². The third-order valence-corrected chi connectivity index (χ3v) is 5.80. The number of carbonyl (C=O) groups excluding carboxylic acids is 1. The van der Waals surface area contributed by atoms with Gasteiger partial charge < -0.3 is 24.3 Å². The van der Waals surface area contributed by atoms with Crippen LogP contribution in [0.5, 0.6) is 23.0 Å². The average Bonchev–Trinajstić information content (AvgIpc) is 2.86. The van der Waals surface area contributed by atoms with Crippen LogP contribution in [0.4, 0.5) is 0 Å². The molecule has 0 atom stereocenters. The Morgan fingerprint density at radius 3 is 2.09 bits per heavy atom. The molecule has 6 nitrogen and oxygen atoms in total. The minimum Gasteiger partial charge on any atom is -0.496 e. The number of rotatable bonds is 10. The van der Waals surface area contributed by atoms with Crippen LogP contribution >= 0.6 is 0 Å². The zero-order valence-corrected chi connectivity index (χ0v) is 21.4. The molecule has 0 saturated heterocycles. The molecule has 0 unspecified atom stereocenters. The smallest absolute Gasteiger partial charge is 0.251 e. The Morgan fingerprint density at radius 2 is 1.46 bits per heavy atom. The summed E-state index contributed by atoms with van der Waals surface area (Å²) in [4.78, 5) is 12.8. The summed E-state index contributed by atoms with van der Waals surface area (Å²) in [5, 5.41) is 2.98. The molecule has 1 N–H and O–H groups in total. The molecule has 35 heavy (non-hydrogen) atoms. The van der Waals surface area contributed by atoms with Crippen molar-refractivity contribution in [3.05, 3.63) is 82.9 Å². The van der Waals surface area contributed by atoms with Crippen molar-refractivity contribution < 1.29 is 23.7 Å². The topological polar surface area (TPSA) is 66.0 Å². The van der Waals surface area contributed by atoms with Crippen molar-refractivity contribution in [3.8, 4) is 23.0 Å². The fraction of sp³-hybridized carbons (Fsp3) is 0.345. The third kappa shape index (κ3) is 6.92. The van der Waals surface area contributed by atoms with Crippen molar-refractivity contribution in [2.75, 3.05) is 27.9 Å². The number of hydrogen-bond donors (Lipinski definition) is 1. The van der Waals surface area contributed by atoms with Crippen LogP contribution in [0, 0.1) is 0 Å². The molecule has 0 aliphatic carbocycles. The molecule has 3 aromatic rings. The lowest BCUT2D eigenvalue weighted by Gasteiger charge is -2.19. The molecule has 186 valence electrons. The van der Waals surface area contributed by atoms with E-state index in [0.29, 0.717) is 42.4 Å². The van der Waals surface area contributed by atoms with Gasteiger partial charge in [0.2, 0.25) is 0 Å². The predicted octanol–water partition coefficient (Wildman–Crippen LogP) is 5.56. The maximum atomic E-state index is 12.8. The molecule has 0 aromatic heterocycles. The van der Waals surface area contributed by atoms with Gasteiger partial charge in [0, 0.05) is 17.7 Å². The lowest BCUT2D eigenvalue weighted by molar-refractivity contribution is 0.0954. The second-order valence-electron chi connectivity index (χ2n) is 9.28. The van der Waals surface area contributed by atoms with Gasteiger partial charge >= 0.3 is 0 Å². The molecular weight excluding hydrogens is 442 g/mol. The predicted molar refractivity (Wildman–Crippen MR) is 138 cm³/mol. The fourth-order valence-electron chi connectivity index (χ4n) is 3.70. The summed E-state index contributed by atoms with van der Waals surface area (Å²) in [7, 11) is 4.82. The van der Waals surface area contributed by atoms with E-state index >= 15 is 0 Å². The van der Waals surface area contributed by atoms with Gasteiger partial charge in [-0.05, 0) is 65.4 Å². The Morgan fingerprint density at radius 1 is 0.800 bits per heavy atom. The lowest BCUT2D eigenvalue weighted by Crippen LogP contribution is -2.25. The van der Waals surface area contributed by atoms with Crippen LogP contribution in [0.15, 0.2) is 60.7 Å². The Balaban J connectivity index is 1.61. The van der Waals surface area contributed by atoms with Crippen molar-refractivity contribution in [1.82, 2.24) is 5.32 Å². The van der Waals surface area contributed by atoms with E-state index in [4.69, 9.17) is 18.9 Å². The molecule has 0 saturated carbocycles. The summed E-state index contributed by atoms with van der Waals surface area (Å²) in [6, 6.07) is 19.2. The van der Waals surface area contributed by atoms with E-state index < -0.39 is 0 Å². The zero-order chi connectivity index (χ0) is 25.4. The van der Waals surface area contributed by atoms with Gasteiger partial charge in [-0.25, -0.2) is 0 Å². The molecule has 0 heterocycles. The van der Waals surface area contributed by atoms with Gasteiger partial charge in [-0.1, -0.05) is 39.0 Å². The first-order chi connectivity index (χ1) is 16.7. The Hall–Kier alpha value is -3.67. The largest absolute Gasteiger partial charge is 0.496 e. The number of amides is 1. The molecule has 0 bridgehead atoms. The summed E-state index contributed by atoms with van der Waals surface area (Å²) in [5.74, 6) is 2.65. The van der Waals surface area contributed by atoms with Crippen LogP contribution in [-0.2, 0) is 18.4 Å². The number of benzene rings is 3. The Bertz CT molecular complexity index is 1130. The minimum atomic E-state index is -0.149. The highest BCUT2D eigenvalue weighted by Gasteiger charge is 2.14. The third-order valence-electron chi connectivity index (χ3n) is 5.80. The summed E-state index contributed by atoms with van der Waals surface area (Å²) >= 11 is 0. The quantitative estimate of drug-likeness (QED) is 0.414. The van der Waals surface area contributed by atoms with Gasteiger partial charge in [-0.2, -0.15) is 0 Å².